The molecule has 0 aliphatic rings. The molecule has 1 heteroatoms. The third-order valence-corrected chi connectivity index (χ3v) is 8.85. The van der Waals surface area contributed by atoms with Crippen LogP contribution in [0.5, 0.6) is 0 Å². The van der Waals surface area contributed by atoms with E-state index in [9.17, 15) is 0 Å². The van der Waals surface area contributed by atoms with Crippen LogP contribution in [0.2, 0.25) is 3.43 Å². The molecule has 0 aromatic heterocycles. The van der Waals surface area contributed by atoms with Crippen molar-refractivity contribution in [2.45, 2.75) is 82.0 Å². The van der Waals surface area contributed by atoms with E-state index in [0.29, 0.717) is 3.43 Å². The van der Waals surface area contributed by atoms with E-state index in [1.807, 2.05) is 6.08 Å². The quantitative estimate of drug-likeness (QED) is 0.292. The SMILES string of the molecule is C=C[C](=C)[Sn][C](CCCC)(CCCC)CCCC. The molecule has 0 N–H and O–H groups in total. The number of unbranched alkanes of at least 4 members (excludes halogenated alkanes) is 3. The van der Waals surface area contributed by atoms with Crippen LogP contribution in [0.1, 0.15) is 78.6 Å². The summed E-state index contributed by atoms with van der Waals surface area (Å²) in [4.78, 5) is 0. The van der Waals surface area contributed by atoms with Crippen LogP contribution >= 0.6 is 0 Å². The second-order valence-electron chi connectivity index (χ2n) is 5.45. The van der Waals surface area contributed by atoms with Gasteiger partial charge in [-0.15, -0.1) is 0 Å². The summed E-state index contributed by atoms with van der Waals surface area (Å²) in [6, 6.07) is 0. The Morgan fingerprint density at radius 3 is 1.61 bits per heavy atom. The average molecular weight is 355 g/mol. The van der Waals surface area contributed by atoms with Crippen LogP contribution in [0.25, 0.3) is 0 Å². The summed E-state index contributed by atoms with van der Waals surface area (Å²) >= 11 is -0.543. The van der Waals surface area contributed by atoms with Crippen LogP contribution < -0.4 is 0 Å². The predicted octanol–water partition coefficient (Wildman–Crippen LogP) is 6.12. The van der Waals surface area contributed by atoms with E-state index in [1.165, 1.54) is 61.4 Å². The summed E-state index contributed by atoms with van der Waals surface area (Å²) in [6.45, 7) is 15.1. The van der Waals surface area contributed by atoms with Gasteiger partial charge in [0.15, 0.2) is 0 Å². The van der Waals surface area contributed by atoms with Gasteiger partial charge in [-0.3, -0.25) is 0 Å². The second-order valence-corrected chi connectivity index (χ2v) is 11.0. The zero-order valence-corrected chi connectivity index (χ0v) is 15.7. The first kappa shape index (κ1) is 18.3. The van der Waals surface area contributed by atoms with E-state index in [-0.39, 0.29) is 0 Å². The summed E-state index contributed by atoms with van der Waals surface area (Å²) in [5.74, 6) is 0. The molecule has 0 atom stereocenters. The minimum atomic E-state index is -0.543. The fourth-order valence-corrected chi connectivity index (χ4v) is 7.32. The second kappa shape index (κ2) is 11.1. The van der Waals surface area contributed by atoms with Crippen molar-refractivity contribution >= 4 is 21.1 Å². The Morgan fingerprint density at radius 2 is 1.33 bits per heavy atom. The molecule has 2 radical (unpaired) electrons. The Labute approximate surface area is 126 Å². The Kier molecular flexibility index (Phi) is 11.3. The maximum atomic E-state index is 4.24. The van der Waals surface area contributed by atoms with Gasteiger partial charge in [-0.2, -0.15) is 0 Å². The van der Waals surface area contributed by atoms with Crippen LogP contribution in [-0.2, 0) is 0 Å². The molecule has 0 nitrogen and oxygen atoms in total. The molecule has 0 unspecified atom stereocenters. The number of hydrogen-bond donors (Lipinski definition) is 0. The summed E-state index contributed by atoms with van der Waals surface area (Å²) in [7, 11) is 0. The van der Waals surface area contributed by atoms with Crippen LogP contribution in [0.3, 0.4) is 0 Å². The molecule has 0 bridgehead atoms. The summed E-state index contributed by atoms with van der Waals surface area (Å²) < 4.78 is 2.08. The zero-order valence-electron chi connectivity index (χ0n) is 12.9. The molecule has 104 valence electrons. The van der Waals surface area contributed by atoms with Gasteiger partial charge < -0.3 is 0 Å². The van der Waals surface area contributed by atoms with Gasteiger partial charge in [-0.1, -0.05) is 0 Å². The molecule has 0 spiro atoms. The normalized spacial score (nSPS) is 11.5. The predicted molar refractivity (Wildman–Crippen MR) is 86.4 cm³/mol. The van der Waals surface area contributed by atoms with Crippen molar-refractivity contribution in [1.82, 2.24) is 0 Å². The van der Waals surface area contributed by atoms with Gasteiger partial charge in [-0.25, -0.2) is 0 Å². The van der Waals surface area contributed by atoms with Gasteiger partial charge in [0.25, 0.3) is 0 Å². The molecule has 0 amide bonds. The molecule has 0 aliphatic heterocycles. The van der Waals surface area contributed by atoms with Crippen LogP contribution in [0.4, 0.5) is 0 Å². The first-order valence-electron chi connectivity index (χ1n) is 7.73. The molecule has 0 aliphatic carbocycles. The van der Waals surface area contributed by atoms with E-state index in [4.69, 9.17) is 0 Å². The molecular weight excluding hydrogens is 323 g/mol. The molecule has 0 heterocycles. The number of hydrogen-bond acceptors (Lipinski definition) is 0. The molecule has 0 aromatic carbocycles. The summed E-state index contributed by atoms with van der Waals surface area (Å²) in [6.07, 6.45) is 14.6. The third-order valence-electron chi connectivity index (χ3n) is 3.70. The Bertz CT molecular complexity index is 208. The van der Waals surface area contributed by atoms with Gasteiger partial charge in [0.2, 0.25) is 0 Å². The Balaban J connectivity index is 4.71. The van der Waals surface area contributed by atoms with Gasteiger partial charge in [0.05, 0.1) is 0 Å². The van der Waals surface area contributed by atoms with Gasteiger partial charge in [0.1, 0.15) is 0 Å². The molecule has 0 fully saturated rings. The molecular formula is C17H32Sn. The van der Waals surface area contributed by atoms with Crippen LogP contribution in [0, 0.1) is 0 Å². The van der Waals surface area contributed by atoms with Crippen molar-refractivity contribution in [3.05, 3.63) is 22.8 Å². The summed E-state index contributed by atoms with van der Waals surface area (Å²) in [5.41, 5.74) is 0. The van der Waals surface area contributed by atoms with Crippen molar-refractivity contribution in [2.24, 2.45) is 0 Å². The van der Waals surface area contributed by atoms with E-state index in [2.05, 4.69) is 33.9 Å². The Morgan fingerprint density at radius 1 is 0.944 bits per heavy atom. The van der Waals surface area contributed by atoms with Crippen molar-refractivity contribution < 1.29 is 0 Å². The van der Waals surface area contributed by atoms with E-state index in [1.54, 1.807) is 0 Å². The van der Waals surface area contributed by atoms with E-state index < -0.39 is 21.1 Å². The van der Waals surface area contributed by atoms with Gasteiger partial charge in [-0.05, 0) is 0 Å². The monoisotopic (exact) mass is 356 g/mol. The molecule has 18 heavy (non-hydrogen) atoms. The van der Waals surface area contributed by atoms with Crippen LogP contribution in [-0.4, -0.2) is 21.1 Å². The first-order chi connectivity index (χ1) is 8.64. The molecule has 0 rings (SSSR count). The Hall–Kier alpha value is 0.279. The topological polar surface area (TPSA) is 0 Å². The van der Waals surface area contributed by atoms with Crippen molar-refractivity contribution in [2.75, 3.05) is 0 Å². The standard InChI is InChI=1S/C13H27.C4H5.Sn/c1-4-7-10-13(11-8-5-2)12-9-6-3;1-3-4-2;/h4-12H2,1-3H3;3H,1-2H2;. The molecule has 0 saturated heterocycles. The number of rotatable bonds is 12. The minimum absolute atomic E-state index is 0.543. The van der Waals surface area contributed by atoms with Crippen molar-refractivity contribution in [3.8, 4) is 0 Å². The zero-order chi connectivity index (χ0) is 13.9. The fraction of sp³-hybridized carbons (Fsp3) is 0.765. The van der Waals surface area contributed by atoms with Gasteiger partial charge >= 0.3 is 126 Å². The van der Waals surface area contributed by atoms with Crippen LogP contribution in [0.15, 0.2) is 22.8 Å². The van der Waals surface area contributed by atoms with E-state index in [0.717, 1.165) is 0 Å². The van der Waals surface area contributed by atoms with Crippen molar-refractivity contribution in [1.29, 1.82) is 0 Å². The average Bonchev–Trinajstić information content (AvgIpc) is 2.40. The fourth-order valence-electron chi connectivity index (χ4n) is 2.50. The first-order valence-corrected chi connectivity index (χ1v) is 10.6. The van der Waals surface area contributed by atoms with Gasteiger partial charge in [0, 0.05) is 0 Å². The van der Waals surface area contributed by atoms with Crippen molar-refractivity contribution in [3.63, 3.8) is 0 Å². The maximum absolute atomic E-state index is 4.24. The van der Waals surface area contributed by atoms with E-state index >= 15 is 0 Å². The number of allylic oxidation sites excluding steroid dienone is 2. The molecule has 0 aromatic rings. The third kappa shape index (κ3) is 7.66. The molecule has 0 saturated carbocycles. The summed E-state index contributed by atoms with van der Waals surface area (Å²) in [5, 5.41) is 0.